The van der Waals surface area contributed by atoms with Crippen molar-refractivity contribution in [1.29, 1.82) is 0 Å². The van der Waals surface area contributed by atoms with E-state index in [0.717, 1.165) is 41.5 Å². The van der Waals surface area contributed by atoms with Gasteiger partial charge in [0.15, 0.2) is 0 Å². The number of thiol groups is 1. The van der Waals surface area contributed by atoms with E-state index in [-0.39, 0.29) is 5.63 Å². The number of aryl methyl sites for hydroxylation is 1. The van der Waals surface area contributed by atoms with Crippen molar-refractivity contribution in [3.8, 4) is 0 Å². The van der Waals surface area contributed by atoms with Gasteiger partial charge in [0.05, 0.1) is 0 Å². The fraction of sp³-hybridized carbons (Fsp3) is 0.308. The molecule has 1 aliphatic rings. The predicted molar refractivity (Wildman–Crippen MR) is 66.4 cm³/mol. The molecule has 0 bridgehead atoms. The van der Waals surface area contributed by atoms with Gasteiger partial charge >= 0.3 is 5.63 Å². The van der Waals surface area contributed by atoms with Gasteiger partial charge < -0.3 is 4.42 Å². The van der Waals surface area contributed by atoms with Crippen LogP contribution in [-0.2, 0) is 12.8 Å². The lowest BCUT2D eigenvalue weighted by molar-refractivity contribution is 0.533. The maximum Gasteiger partial charge on any atom is 0.339 e. The number of hydrogen-bond donors (Lipinski definition) is 1. The second-order valence-corrected chi connectivity index (χ2v) is 4.75. The van der Waals surface area contributed by atoms with E-state index in [0.29, 0.717) is 5.58 Å². The third-order valence-electron chi connectivity index (χ3n) is 3.21. The fourth-order valence-electron chi connectivity index (χ4n) is 2.43. The van der Waals surface area contributed by atoms with Crippen molar-refractivity contribution in [2.75, 3.05) is 0 Å². The quantitative estimate of drug-likeness (QED) is 0.559. The zero-order chi connectivity index (χ0) is 11.1. The van der Waals surface area contributed by atoms with Crippen LogP contribution in [-0.4, -0.2) is 0 Å². The SMILES string of the molecule is O=c1oc2cc(S)ccc2c2c1CCCC2. The Morgan fingerprint density at radius 3 is 2.69 bits per heavy atom. The predicted octanol–water partition coefficient (Wildman–Crippen LogP) is 2.96. The third-order valence-corrected chi connectivity index (χ3v) is 3.49. The van der Waals surface area contributed by atoms with Crippen molar-refractivity contribution in [3.05, 3.63) is 39.7 Å². The Labute approximate surface area is 98.7 Å². The molecule has 1 aromatic heterocycles. The molecule has 82 valence electrons. The van der Waals surface area contributed by atoms with Crippen LogP contribution in [0.1, 0.15) is 24.0 Å². The Kier molecular flexibility index (Phi) is 2.28. The molecule has 1 heterocycles. The molecule has 2 nitrogen and oxygen atoms in total. The van der Waals surface area contributed by atoms with Crippen LogP contribution in [0.25, 0.3) is 11.0 Å². The molecule has 0 amide bonds. The minimum absolute atomic E-state index is 0.166. The van der Waals surface area contributed by atoms with Crippen molar-refractivity contribution < 1.29 is 4.42 Å². The molecule has 1 aliphatic carbocycles. The van der Waals surface area contributed by atoms with Crippen LogP contribution in [0.5, 0.6) is 0 Å². The fourth-order valence-corrected chi connectivity index (χ4v) is 2.63. The first-order valence-electron chi connectivity index (χ1n) is 5.53. The lowest BCUT2D eigenvalue weighted by atomic mass is 9.91. The molecule has 2 aromatic rings. The van der Waals surface area contributed by atoms with Gasteiger partial charge in [-0.2, -0.15) is 0 Å². The van der Waals surface area contributed by atoms with Crippen molar-refractivity contribution in [1.82, 2.24) is 0 Å². The van der Waals surface area contributed by atoms with Crippen molar-refractivity contribution >= 4 is 23.6 Å². The molecule has 0 saturated carbocycles. The van der Waals surface area contributed by atoms with E-state index in [1.165, 1.54) is 5.56 Å². The number of hydrogen-bond acceptors (Lipinski definition) is 3. The maximum atomic E-state index is 11.8. The molecule has 3 heteroatoms. The molecule has 0 unspecified atom stereocenters. The maximum absolute atomic E-state index is 11.8. The van der Waals surface area contributed by atoms with E-state index in [1.807, 2.05) is 18.2 Å². The second kappa shape index (κ2) is 3.67. The average molecular weight is 232 g/mol. The first-order valence-corrected chi connectivity index (χ1v) is 5.98. The van der Waals surface area contributed by atoms with Crippen LogP contribution in [0.15, 0.2) is 32.3 Å². The zero-order valence-corrected chi connectivity index (χ0v) is 9.72. The molecule has 0 N–H and O–H groups in total. The normalized spacial score (nSPS) is 15.1. The summed E-state index contributed by atoms with van der Waals surface area (Å²) in [6.45, 7) is 0. The highest BCUT2D eigenvalue weighted by atomic mass is 32.1. The number of benzene rings is 1. The van der Waals surface area contributed by atoms with E-state index in [2.05, 4.69) is 12.6 Å². The molecule has 0 spiro atoms. The summed E-state index contributed by atoms with van der Waals surface area (Å²) >= 11 is 4.26. The standard InChI is InChI=1S/C13H12O2S/c14-13-11-4-2-1-3-9(11)10-6-5-8(16)7-12(10)15-13/h5-7,16H,1-4H2. The topological polar surface area (TPSA) is 30.2 Å². The summed E-state index contributed by atoms with van der Waals surface area (Å²) in [5.74, 6) is 0. The van der Waals surface area contributed by atoms with Gasteiger partial charge in [-0.1, -0.05) is 0 Å². The van der Waals surface area contributed by atoms with Gasteiger partial charge in [-0.3, -0.25) is 0 Å². The van der Waals surface area contributed by atoms with Crippen molar-refractivity contribution in [2.45, 2.75) is 30.6 Å². The average Bonchev–Trinajstić information content (AvgIpc) is 2.29. The molecular formula is C13H12O2S. The monoisotopic (exact) mass is 232 g/mol. The first kappa shape index (κ1) is 9.97. The Morgan fingerprint density at radius 1 is 1.12 bits per heavy atom. The van der Waals surface area contributed by atoms with E-state index >= 15 is 0 Å². The highest BCUT2D eigenvalue weighted by molar-refractivity contribution is 7.80. The van der Waals surface area contributed by atoms with Crippen LogP contribution >= 0.6 is 12.6 Å². The Balaban J connectivity index is 2.42. The van der Waals surface area contributed by atoms with Gasteiger partial charge in [0.2, 0.25) is 0 Å². The third kappa shape index (κ3) is 1.47. The molecular weight excluding hydrogens is 220 g/mol. The summed E-state index contributed by atoms with van der Waals surface area (Å²) in [6.07, 6.45) is 4.10. The Bertz CT molecular complexity index is 613. The van der Waals surface area contributed by atoms with E-state index < -0.39 is 0 Å². The second-order valence-electron chi connectivity index (χ2n) is 4.23. The zero-order valence-electron chi connectivity index (χ0n) is 8.82. The summed E-state index contributed by atoms with van der Waals surface area (Å²) in [7, 11) is 0. The summed E-state index contributed by atoms with van der Waals surface area (Å²) in [5, 5.41) is 1.08. The van der Waals surface area contributed by atoms with E-state index in [9.17, 15) is 4.79 Å². The Morgan fingerprint density at radius 2 is 1.88 bits per heavy atom. The number of rotatable bonds is 0. The Hall–Kier alpha value is -1.22. The number of fused-ring (bicyclic) bond motifs is 3. The van der Waals surface area contributed by atoms with Gasteiger partial charge in [0.25, 0.3) is 0 Å². The van der Waals surface area contributed by atoms with Gasteiger partial charge in [-0.25, -0.2) is 4.79 Å². The largest absolute Gasteiger partial charge is 0.422 e. The van der Waals surface area contributed by atoms with E-state index in [1.54, 1.807) is 0 Å². The van der Waals surface area contributed by atoms with Crippen LogP contribution < -0.4 is 5.63 Å². The molecule has 1 aromatic carbocycles. The minimum Gasteiger partial charge on any atom is -0.422 e. The van der Waals surface area contributed by atoms with Gasteiger partial charge in [0.1, 0.15) is 5.58 Å². The lowest BCUT2D eigenvalue weighted by Gasteiger charge is -2.15. The van der Waals surface area contributed by atoms with Crippen LogP contribution in [0.3, 0.4) is 0 Å². The van der Waals surface area contributed by atoms with Gasteiger partial charge in [-0.15, -0.1) is 12.6 Å². The molecule has 0 aliphatic heterocycles. The highest BCUT2D eigenvalue weighted by Gasteiger charge is 2.17. The molecule has 0 atom stereocenters. The lowest BCUT2D eigenvalue weighted by Crippen LogP contribution is -2.15. The summed E-state index contributed by atoms with van der Waals surface area (Å²) in [5.41, 5.74) is 2.57. The molecule has 16 heavy (non-hydrogen) atoms. The van der Waals surface area contributed by atoms with Crippen molar-refractivity contribution in [2.24, 2.45) is 0 Å². The van der Waals surface area contributed by atoms with Gasteiger partial charge in [-0.05, 0) is 49.4 Å². The van der Waals surface area contributed by atoms with Gasteiger partial charge in [0, 0.05) is 15.8 Å². The van der Waals surface area contributed by atoms with Crippen LogP contribution in [0.4, 0.5) is 0 Å². The van der Waals surface area contributed by atoms with E-state index in [4.69, 9.17) is 4.42 Å². The summed E-state index contributed by atoms with van der Waals surface area (Å²) in [6, 6.07) is 5.76. The summed E-state index contributed by atoms with van der Waals surface area (Å²) in [4.78, 5) is 12.6. The molecule has 0 radical (unpaired) electrons. The highest BCUT2D eigenvalue weighted by Crippen LogP contribution is 2.27. The molecule has 3 rings (SSSR count). The smallest absolute Gasteiger partial charge is 0.339 e. The summed E-state index contributed by atoms with van der Waals surface area (Å²) < 4.78 is 5.34. The van der Waals surface area contributed by atoms with Crippen LogP contribution in [0, 0.1) is 0 Å². The minimum atomic E-state index is -0.166. The first-order chi connectivity index (χ1) is 7.75. The molecule has 0 saturated heterocycles. The molecule has 0 fully saturated rings. The van der Waals surface area contributed by atoms with Crippen molar-refractivity contribution in [3.63, 3.8) is 0 Å². The van der Waals surface area contributed by atoms with Crippen LogP contribution in [0.2, 0.25) is 0 Å².